The number of nitrogens with zero attached hydrogens (tertiary/aromatic N) is 1. The predicted molar refractivity (Wildman–Crippen MR) is 97.1 cm³/mol. The minimum absolute atomic E-state index is 0.0188. The molecule has 0 radical (unpaired) electrons. The normalized spacial score (nSPS) is 11.2. The lowest BCUT2D eigenvalue weighted by Crippen LogP contribution is -2.34. The Kier molecular flexibility index (Phi) is 6.54. The molecule has 2 aromatic rings. The van der Waals surface area contributed by atoms with E-state index in [4.69, 9.17) is 23.2 Å². The summed E-state index contributed by atoms with van der Waals surface area (Å²) >= 11 is 11.5. The number of amides is 1. The van der Waals surface area contributed by atoms with E-state index in [0.29, 0.717) is 10.6 Å². The minimum atomic E-state index is -4.17. The third kappa shape index (κ3) is 5.15. The molecule has 138 valence electrons. The molecule has 11 heteroatoms. The molecule has 2 rings (SSSR count). The molecule has 0 unspecified atom stereocenters. The van der Waals surface area contributed by atoms with Crippen LogP contribution in [0, 0.1) is 10.1 Å². The summed E-state index contributed by atoms with van der Waals surface area (Å²) in [5, 5.41) is 14.0. The molecule has 0 bridgehead atoms. The number of nitro benzene ring substituents is 1. The Labute approximate surface area is 159 Å². The van der Waals surface area contributed by atoms with E-state index < -0.39 is 31.4 Å². The van der Waals surface area contributed by atoms with Gasteiger partial charge in [-0.1, -0.05) is 23.2 Å². The molecule has 2 aromatic carbocycles. The van der Waals surface area contributed by atoms with Gasteiger partial charge < -0.3 is 5.32 Å². The summed E-state index contributed by atoms with van der Waals surface area (Å²) in [6.07, 6.45) is 0. The van der Waals surface area contributed by atoms with Crippen molar-refractivity contribution in [2.45, 2.75) is 4.90 Å². The number of halogens is 2. The zero-order chi connectivity index (χ0) is 19.3. The second kappa shape index (κ2) is 8.45. The number of nitrogens with one attached hydrogen (secondary N) is 2. The molecular formula is C15H13Cl2N3O5S. The zero-order valence-electron chi connectivity index (χ0n) is 13.1. The molecule has 0 aliphatic rings. The molecule has 0 aromatic heterocycles. The van der Waals surface area contributed by atoms with E-state index in [0.717, 1.165) is 12.1 Å². The van der Waals surface area contributed by atoms with Crippen molar-refractivity contribution in [3.63, 3.8) is 0 Å². The maximum Gasteiger partial charge on any atom is 0.289 e. The molecule has 26 heavy (non-hydrogen) atoms. The molecule has 0 saturated heterocycles. The highest BCUT2D eigenvalue weighted by atomic mass is 35.5. The number of hydrogen-bond acceptors (Lipinski definition) is 5. The number of rotatable bonds is 7. The Morgan fingerprint density at radius 1 is 1.04 bits per heavy atom. The van der Waals surface area contributed by atoms with Crippen molar-refractivity contribution in [1.82, 2.24) is 10.0 Å². The third-order valence-corrected chi connectivity index (χ3v) is 5.19. The monoisotopic (exact) mass is 417 g/mol. The van der Waals surface area contributed by atoms with Gasteiger partial charge in [0.05, 0.1) is 4.92 Å². The highest BCUT2D eigenvalue weighted by Gasteiger charge is 2.25. The van der Waals surface area contributed by atoms with E-state index in [2.05, 4.69) is 10.0 Å². The largest absolute Gasteiger partial charge is 0.351 e. The lowest BCUT2D eigenvalue weighted by atomic mass is 10.2. The summed E-state index contributed by atoms with van der Waals surface area (Å²) in [6, 6.07) is 9.39. The maximum atomic E-state index is 12.3. The first-order valence-corrected chi connectivity index (χ1v) is 9.42. The van der Waals surface area contributed by atoms with Gasteiger partial charge in [0.15, 0.2) is 4.90 Å². The Hall–Kier alpha value is -2.20. The average Bonchev–Trinajstić information content (AvgIpc) is 2.59. The van der Waals surface area contributed by atoms with Crippen molar-refractivity contribution < 1.29 is 18.1 Å². The Balaban J connectivity index is 1.99. The Morgan fingerprint density at radius 2 is 1.65 bits per heavy atom. The SMILES string of the molecule is O=C(NCCNS(=O)(=O)c1cc(Cl)ccc1[N+](=O)[O-])c1ccc(Cl)cc1. The van der Waals surface area contributed by atoms with Gasteiger partial charge in [0.25, 0.3) is 11.6 Å². The fourth-order valence-corrected chi connectivity index (χ4v) is 3.59. The van der Waals surface area contributed by atoms with E-state index in [-0.39, 0.29) is 18.1 Å². The molecule has 2 N–H and O–H groups in total. The van der Waals surface area contributed by atoms with Crippen molar-refractivity contribution in [3.05, 3.63) is 68.2 Å². The van der Waals surface area contributed by atoms with Crippen molar-refractivity contribution in [3.8, 4) is 0 Å². The Morgan fingerprint density at radius 3 is 2.27 bits per heavy atom. The van der Waals surface area contributed by atoms with Gasteiger partial charge in [-0.25, -0.2) is 13.1 Å². The van der Waals surface area contributed by atoms with Crippen LogP contribution in [0.4, 0.5) is 5.69 Å². The zero-order valence-corrected chi connectivity index (χ0v) is 15.4. The smallest absolute Gasteiger partial charge is 0.289 e. The lowest BCUT2D eigenvalue weighted by Gasteiger charge is -2.09. The number of carbonyl (C=O) groups is 1. The van der Waals surface area contributed by atoms with Crippen molar-refractivity contribution in [1.29, 1.82) is 0 Å². The number of carbonyl (C=O) groups excluding carboxylic acids is 1. The summed E-state index contributed by atoms with van der Waals surface area (Å²) in [5.74, 6) is -0.408. The van der Waals surface area contributed by atoms with Gasteiger partial charge in [-0.05, 0) is 36.4 Å². The van der Waals surface area contributed by atoms with Gasteiger partial charge in [0.1, 0.15) is 0 Å². The maximum absolute atomic E-state index is 12.3. The standard InChI is InChI=1S/C15H13Cl2N3O5S/c16-11-3-1-10(2-4-11)15(21)18-7-8-19-26(24,25)14-9-12(17)5-6-13(14)20(22)23/h1-6,9,19H,7-8H2,(H,18,21). The lowest BCUT2D eigenvalue weighted by molar-refractivity contribution is -0.387. The molecule has 0 fully saturated rings. The molecular weight excluding hydrogens is 405 g/mol. The Bertz CT molecular complexity index is 933. The topological polar surface area (TPSA) is 118 Å². The first-order valence-electron chi connectivity index (χ1n) is 7.18. The van der Waals surface area contributed by atoms with E-state index in [1.54, 1.807) is 12.1 Å². The van der Waals surface area contributed by atoms with Crippen LogP contribution in [0.2, 0.25) is 10.0 Å². The fraction of sp³-hybridized carbons (Fsp3) is 0.133. The van der Waals surface area contributed by atoms with Gasteiger partial charge in [0, 0.05) is 34.8 Å². The molecule has 0 atom stereocenters. The van der Waals surface area contributed by atoms with E-state index in [1.807, 2.05) is 0 Å². The van der Waals surface area contributed by atoms with E-state index >= 15 is 0 Å². The van der Waals surface area contributed by atoms with Crippen LogP contribution in [0.15, 0.2) is 47.4 Å². The molecule has 0 aliphatic carbocycles. The molecule has 0 saturated carbocycles. The van der Waals surface area contributed by atoms with Crippen LogP contribution in [0.5, 0.6) is 0 Å². The first kappa shape index (κ1) is 20.1. The number of nitro groups is 1. The van der Waals surface area contributed by atoms with Gasteiger partial charge in [0.2, 0.25) is 10.0 Å². The molecule has 8 nitrogen and oxygen atoms in total. The van der Waals surface area contributed by atoms with Crippen LogP contribution >= 0.6 is 23.2 Å². The van der Waals surface area contributed by atoms with Crippen LogP contribution in [-0.4, -0.2) is 32.3 Å². The van der Waals surface area contributed by atoms with Gasteiger partial charge in [-0.2, -0.15) is 0 Å². The van der Waals surface area contributed by atoms with Crippen molar-refractivity contribution >= 4 is 44.8 Å². The van der Waals surface area contributed by atoms with Crippen LogP contribution in [0.3, 0.4) is 0 Å². The van der Waals surface area contributed by atoms with Crippen LogP contribution in [-0.2, 0) is 10.0 Å². The fourth-order valence-electron chi connectivity index (χ4n) is 2.00. The van der Waals surface area contributed by atoms with Gasteiger partial charge in [-0.15, -0.1) is 0 Å². The first-order chi connectivity index (χ1) is 12.2. The van der Waals surface area contributed by atoms with Crippen molar-refractivity contribution in [2.75, 3.05) is 13.1 Å². The van der Waals surface area contributed by atoms with E-state index in [9.17, 15) is 23.3 Å². The van der Waals surface area contributed by atoms with Crippen LogP contribution in [0.1, 0.15) is 10.4 Å². The third-order valence-electron chi connectivity index (χ3n) is 3.22. The summed E-state index contributed by atoms with van der Waals surface area (Å²) in [7, 11) is -4.17. The molecule has 0 aliphatic heterocycles. The van der Waals surface area contributed by atoms with Crippen LogP contribution < -0.4 is 10.0 Å². The summed E-state index contributed by atoms with van der Waals surface area (Å²) in [4.78, 5) is 21.5. The quantitative estimate of drug-likeness (QED) is 0.407. The van der Waals surface area contributed by atoms with Crippen molar-refractivity contribution in [2.24, 2.45) is 0 Å². The minimum Gasteiger partial charge on any atom is -0.351 e. The molecule has 1 amide bonds. The number of benzene rings is 2. The summed E-state index contributed by atoms with van der Waals surface area (Å²) in [5.41, 5.74) is -0.227. The number of hydrogen-bond donors (Lipinski definition) is 2. The summed E-state index contributed by atoms with van der Waals surface area (Å²) < 4.78 is 26.7. The van der Waals surface area contributed by atoms with Gasteiger partial charge >= 0.3 is 0 Å². The average molecular weight is 418 g/mol. The summed E-state index contributed by atoms with van der Waals surface area (Å²) in [6.45, 7) is -0.180. The second-order valence-corrected chi connectivity index (χ2v) is 7.64. The molecule has 0 heterocycles. The number of sulfonamides is 1. The highest BCUT2D eigenvalue weighted by molar-refractivity contribution is 7.89. The second-order valence-electron chi connectivity index (χ2n) is 5.03. The van der Waals surface area contributed by atoms with Crippen LogP contribution in [0.25, 0.3) is 0 Å². The highest BCUT2D eigenvalue weighted by Crippen LogP contribution is 2.26. The van der Waals surface area contributed by atoms with Gasteiger partial charge in [-0.3, -0.25) is 14.9 Å². The predicted octanol–water partition coefficient (Wildman–Crippen LogP) is 2.61. The molecule has 0 spiro atoms. The van der Waals surface area contributed by atoms with E-state index in [1.165, 1.54) is 18.2 Å².